The predicted octanol–water partition coefficient (Wildman–Crippen LogP) is 2.93. The van der Waals surface area contributed by atoms with E-state index < -0.39 is 0 Å². The Morgan fingerprint density at radius 1 is 1.16 bits per heavy atom. The molecule has 4 heteroatoms. The van der Waals surface area contributed by atoms with Crippen molar-refractivity contribution in [3.63, 3.8) is 0 Å². The topological polar surface area (TPSA) is 76.8 Å². The van der Waals surface area contributed by atoms with Crippen LogP contribution in [0.3, 0.4) is 0 Å². The summed E-state index contributed by atoms with van der Waals surface area (Å²) in [5, 5.41) is 18.2. The highest BCUT2D eigenvalue weighted by atomic mass is 16.1. The fourth-order valence-electron chi connectivity index (χ4n) is 2.11. The van der Waals surface area contributed by atoms with Crippen LogP contribution in [-0.4, -0.2) is 23.4 Å². The summed E-state index contributed by atoms with van der Waals surface area (Å²) in [6.45, 7) is 6.07. The molecular weight excluding hydrogens is 238 g/mol. The van der Waals surface area contributed by atoms with Crippen LogP contribution in [0.5, 0.6) is 0 Å². The highest BCUT2D eigenvalue weighted by Gasteiger charge is 2.20. The molecule has 0 bridgehead atoms. The summed E-state index contributed by atoms with van der Waals surface area (Å²) >= 11 is 0. The largest absolute Gasteiger partial charge is 0.348 e. The molecule has 1 saturated carbocycles. The van der Waals surface area contributed by atoms with Gasteiger partial charge < -0.3 is 10.7 Å². The first-order valence-corrected chi connectivity index (χ1v) is 7.06. The summed E-state index contributed by atoms with van der Waals surface area (Å²) < 4.78 is 0. The number of carbonyl (C=O) groups is 1. The summed E-state index contributed by atoms with van der Waals surface area (Å²) in [5.41, 5.74) is 0.369. The quantitative estimate of drug-likeness (QED) is 0.655. The zero-order valence-corrected chi connectivity index (χ0v) is 12.1. The summed E-state index contributed by atoms with van der Waals surface area (Å²) in [7, 11) is 0. The summed E-state index contributed by atoms with van der Waals surface area (Å²) in [4.78, 5) is 11.8. The van der Waals surface area contributed by atoms with E-state index in [1.807, 2.05) is 13.8 Å². The van der Waals surface area contributed by atoms with Crippen LogP contribution in [0.4, 0.5) is 0 Å². The fourth-order valence-corrected chi connectivity index (χ4v) is 2.11. The van der Waals surface area contributed by atoms with Crippen molar-refractivity contribution in [2.45, 2.75) is 52.5 Å². The minimum absolute atomic E-state index is 0.0657. The van der Waals surface area contributed by atoms with Gasteiger partial charge in [-0.1, -0.05) is 20.8 Å². The Bertz CT molecular complexity index is 377. The molecule has 19 heavy (non-hydrogen) atoms. The average molecular weight is 263 g/mol. The van der Waals surface area contributed by atoms with Gasteiger partial charge in [0.25, 0.3) is 5.91 Å². The molecule has 0 aromatic carbocycles. The number of carbonyl (C=O) groups excluding carboxylic acids is 1. The van der Waals surface area contributed by atoms with Gasteiger partial charge in [0.05, 0.1) is 0 Å². The average Bonchev–Trinajstić information content (AvgIpc) is 2.37. The molecule has 1 rings (SSSR count). The first-order valence-electron chi connectivity index (χ1n) is 7.06. The molecule has 0 radical (unpaired) electrons. The lowest BCUT2D eigenvalue weighted by Crippen LogP contribution is -2.40. The third-order valence-corrected chi connectivity index (χ3v) is 3.65. The molecule has 1 aliphatic carbocycles. The smallest absolute Gasteiger partial charge is 0.269 e. The van der Waals surface area contributed by atoms with Gasteiger partial charge in [-0.05, 0) is 49.7 Å². The second-order valence-electron chi connectivity index (χ2n) is 5.79. The van der Waals surface area contributed by atoms with Gasteiger partial charge in [0.1, 0.15) is 5.71 Å². The molecular formula is C15H25N3O. The van der Waals surface area contributed by atoms with Gasteiger partial charge in [-0.15, -0.1) is 0 Å². The molecule has 0 heterocycles. The molecule has 0 saturated heterocycles. The minimum Gasteiger partial charge on any atom is -0.348 e. The van der Waals surface area contributed by atoms with Crippen LogP contribution in [0, 0.1) is 22.7 Å². The maximum absolute atomic E-state index is 11.8. The molecule has 4 nitrogen and oxygen atoms in total. The Morgan fingerprint density at radius 2 is 1.74 bits per heavy atom. The van der Waals surface area contributed by atoms with E-state index in [9.17, 15) is 4.79 Å². The molecule has 0 aromatic heterocycles. The van der Waals surface area contributed by atoms with Crippen LogP contribution in [-0.2, 0) is 4.79 Å². The molecule has 1 aliphatic rings. The Balaban J connectivity index is 2.41. The zero-order chi connectivity index (χ0) is 14.4. The molecule has 0 unspecified atom stereocenters. The molecule has 0 aliphatic heterocycles. The Labute approximate surface area is 115 Å². The highest BCUT2D eigenvalue weighted by molar-refractivity contribution is 6.42. The van der Waals surface area contributed by atoms with Crippen LogP contribution in [0.15, 0.2) is 12.2 Å². The van der Waals surface area contributed by atoms with Crippen molar-refractivity contribution in [3.8, 4) is 0 Å². The second kappa shape index (κ2) is 7.22. The van der Waals surface area contributed by atoms with E-state index in [4.69, 9.17) is 10.8 Å². The van der Waals surface area contributed by atoms with Gasteiger partial charge in [0.15, 0.2) is 0 Å². The van der Waals surface area contributed by atoms with Gasteiger partial charge >= 0.3 is 0 Å². The standard InChI is InChI=1S/C15H25N3O/c1-10(2)13(16)8-9-14(17)15(19)18-12-6-4-11(3)5-7-12/h8-12,16-17H,4-7H2,1-3H3,(H,18,19)/b9-8-,16-13?,17-14?. The van der Waals surface area contributed by atoms with Gasteiger partial charge in [0.2, 0.25) is 0 Å². The lowest BCUT2D eigenvalue weighted by Gasteiger charge is -2.26. The van der Waals surface area contributed by atoms with Crippen molar-refractivity contribution in [1.82, 2.24) is 5.32 Å². The molecule has 1 fully saturated rings. The van der Waals surface area contributed by atoms with Crippen molar-refractivity contribution in [2.75, 3.05) is 0 Å². The zero-order valence-electron chi connectivity index (χ0n) is 12.1. The van der Waals surface area contributed by atoms with Crippen molar-refractivity contribution in [1.29, 1.82) is 10.8 Å². The maximum atomic E-state index is 11.8. The Morgan fingerprint density at radius 3 is 2.26 bits per heavy atom. The SMILES string of the molecule is CC1CCC(NC(=O)C(=N)/C=C\C(=N)C(C)C)CC1. The lowest BCUT2D eigenvalue weighted by atomic mass is 9.87. The van der Waals surface area contributed by atoms with Crippen molar-refractivity contribution < 1.29 is 4.79 Å². The van der Waals surface area contributed by atoms with Crippen molar-refractivity contribution in [3.05, 3.63) is 12.2 Å². The molecule has 106 valence electrons. The van der Waals surface area contributed by atoms with E-state index in [0.29, 0.717) is 5.71 Å². The number of hydrogen-bond donors (Lipinski definition) is 3. The maximum Gasteiger partial charge on any atom is 0.269 e. The summed E-state index contributed by atoms with van der Waals surface area (Å²) in [6, 6.07) is 0.210. The Kier molecular flexibility index (Phi) is 5.93. The molecule has 1 amide bonds. The van der Waals surface area contributed by atoms with Crippen molar-refractivity contribution >= 4 is 17.3 Å². The van der Waals surface area contributed by atoms with Gasteiger partial charge in [-0.3, -0.25) is 10.2 Å². The van der Waals surface area contributed by atoms with Gasteiger partial charge in [-0.2, -0.15) is 0 Å². The van der Waals surface area contributed by atoms with E-state index in [1.165, 1.54) is 12.2 Å². The van der Waals surface area contributed by atoms with Gasteiger partial charge in [-0.25, -0.2) is 0 Å². The third kappa shape index (κ3) is 5.37. The number of rotatable bonds is 5. The third-order valence-electron chi connectivity index (χ3n) is 3.65. The molecule has 0 spiro atoms. The van der Waals surface area contributed by atoms with Crippen LogP contribution >= 0.6 is 0 Å². The summed E-state index contributed by atoms with van der Waals surface area (Å²) in [6.07, 6.45) is 7.26. The normalized spacial score (nSPS) is 23.6. The van der Waals surface area contributed by atoms with E-state index in [-0.39, 0.29) is 23.6 Å². The van der Waals surface area contributed by atoms with Crippen LogP contribution < -0.4 is 5.32 Å². The molecule has 3 N–H and O–H groups in total. The molecule has 0 aromatic rings. The fraction of sp³-hybridized carbons (Fsp3) is 0.667. The number of hydrogen-bond acceptors (Lipinski definition) is 3. The van der Waals surface area contributed by atoms with E-state index in [2.05, 4.69) is 12.2 Å². The van der Waals surface area contributed by atoms with Gasteiger partial charge in [0, 0.05) is 11.8 Å². The van der Waals surface area contributed by atoms with Crippen molar-refractivity contribution in [2.24, 2.45) is 11.8 Å². The van der Waals surface area contributed by atoms with E-state index >= 15 is 0 Å². The van der Waals surface area contributed by atoms with Crippen LogP contribution in [0.2, 0.25) is 0 Å². The second-order valence-corrected chi connectivity index (χ2v) is 5.79. The highest BCUT2D eigenvalue weighted by Crippen LogP contribution is 2.23. The van der Waals surface area contributed by atoms with E-state index in [0.717, 1.165) is 31.6 Å². The first-order chi connectivity index (χ1) is 8.90. The number of allylic oxidation sites excluding steroid dienone is 1. The molecule has 0 atom stereocenters. The number of nitrogens with one attached hydrogen (secondary N) is 3. The van der Waals surface area contributed by atoms with Crippen LogP contribution in [0.25, 0.3) is 0 Å². The number of amides is 1. The van der Waals surface area contributed by atoms with E-state index in [1.54, 1.807) is 0 Å². The lowest BCUT2D eigenvalue weighted by molar-refractivity contribution is -0.115. The van der Waals surface area contributed by atoms with Crippen LogP contribution in [0.1, 0.15) is 46.5 Å². The summed E-state index contributed by atoms with van der Waals surface area (Å²) in [5.74, 6) is 0.540. The monoisotopic (exact) mass is 263 g/mol. The first kappa shape index (κ1) is 15.6. The Hall–Kier alpha value is -1.45. The minimum atomic E-state index is -0.327. The predicted molar refractivity (Wildman–Crippen MR) is 79.0 cm³/mol.